The Morgan fingerprint density at radius 1 is 1.47 bits per heavy atom. The number of nitrogens with two attached hydrogens (primary N) is 1. The van der Waals surface area contributed by atoms with Gasteiger partial charge in [0.2, 0.25) is 0 Å². The zero-order chi connectivity index (χ0) is 12.4. The monoisotopic (exact) mass is 364 g/mol. The molecule has 1 atom stereocenters. The van der Waals surface area contributed by atoms with Crippen molar-refractivity contribution < 1.29 is 4.42 Å². The molecule has 17 heavy (non-hydrogen) atoms. The minimum absolute atomic E-state index is 0.167. The lowest BCUT2D eigenvalue weighted by Crippen LogP contribution is -2.36. The number of halogens is 2. The summed E-state index contributed by atoms with van der Waals surface area (Å²) in [6.45, 7) is 0.583. The second-order valence-electron chi connectivity index (χ2n) is 4.63. The maximum atomic E-state index is 5.90. The van der Waals surface area contributed by atoms with Gasteiger partial charge >= 0.3 is 0 Å². The number of likely N-dealkylation sites (N-methyl/N-ethyl adjacent to an activating group) is 1. The van der Waals surface area contributed by atoms with E-state index in [2.05, 4.69) is 43.8 Å². The van der Waals surface area contributed by atoms with Crippen molar-refractivity contribution in [2.24, 2.45) is 5.73 Å². The molecule has 1 aliphatic carbocycles. The summed E-state index contributed by atoms with van der Waals surface area (Å²) in [5.74, 6) is 0.931. The fraction of sp³-hybridized carbons (Fsp3) is 0.667. The van der Waals surface area contributed by atoms with E-state index >= 15 is 0 Å². The van der Waals surface area contributed by atoms with Crippen LogP contribution in [0.3, 0.4) is 0 Å². The maximum Gasteiger partial charge on any atom is 0.183 e. The maximum absolute atomic E-state index is 5.90. The van der Waals surface area contributed by atoms with Crippen LogP contribution in [0.2, 0.25) is 0 Å². The van der Waals surface area contributed by atoms with Crippen molar-refractivity contribution in [3.05, 3.63) is 21.0 Å². The molecule has 1 aromatic heterocycles. The summed E-state index contributed by atoms with van der Waals surface area (Å²) < 4.78 is 7.39. The molecule has 1 aliphatic rings. The van der Waals surface area contributed by atoms with E-state index in [4.69, 9.17) is 10.2 Å². The number of nitrogens with zero attached hydrogens (tertiary/aromatic N) is 1. The molecule has 0 spiro atoms. The smallest absolute Gasteiger partial charge is 0.183 e. The van der Waals surface area contributed by atoms with E-state index in [9.17, 15) is 0 Å². The van der Waals surface area contributed by atoms with Gasteiger partial charge < -0.3 is 10.2 Å². The van der Waals surface area contributed by atoms with Crippen molar-refractivity contribution in [1.29, 1.82) is 0 Å². The van der Waals surface area contributed by atoms with E-state index in [1.54, 1.807) is 0 Å². The Morgan fingerprint density at radius 3 is 2.59 bits per heavy atom. The minimum atomic E-state index is 0.167. The standard InChI is InChI=1S/C12H18Br2N2O/c1-16(8-4-2-3-5-8)10(7-15)11-6-9(13)12(14)17-11/h6,8,10H,2-5,7,15H2,1H3. The summed E-state index contributed by atoms with van der Waals surface area (Å²) in [5, 5.41) is 0. The van der Waals surface area contributed by atoms with E-state index in [-0.39, 0.29) is 6.04 Å². The summed E-state index contributed by atoms with van der Waals surface area (Å²) in [6.07, 6.45) is 5.21. The molecule has 1 unspecified atom stereocenters. The highest BCUT2D eigenvalue weighted by atomic mass is 79.9. The SMILES string of the molecule is CN(C1CCCC1)C(CN)c1cc(Br)c(Br)o1. The quantitative estimate of drug-likeness (QED) is 0.884. The van der Waals surface area contributed by atoms with Gasteiger partial charge in [-0.1, -0.05) is 12.8 Å². The first kappa shape index (κ1) is 13.6. The highest BCUT2D eigenvalue weighted by Gasteiger charge is 2.28. The Labute approximate surface area is 119 Å². The molecule has 1 aromatic rings. The molecule has 1 fully saturated rings. The van der Waals surface area contributed by atoms with E-state index in [0.29, 0.717) is 12.6 Å². The van der Waals surface area contributed by atoms with Crippen LogP contribution in [0.15, 0.2) is 19.6 Å². The molecular formula is C12H18Br2N2O. The molecule has 3 nitrogen and oxygen atoms in total. The highest BCUT2D eigenvalue weighted by molar-refractivity contribution is 9.13. The van der Waals surface area contributed by atoms with Crippen LogP contribution in [0, 0.1) is 0 Å². The first-order valence-electron chi connectivity index (χ1n) is 6.00. The topological polar surface area (TPSA) is 42.4 Å². The van der Waals surface area contributed by atoms with Crippen LogP contribution in [-0.2, 0) is 0 Å². The normalized spacial score (nSPS) is 19.1. The summed E-state index contributed by atoms with van der Waals surface area (Å²) in [7, 11) is 2.15. The third kappa shape index (κ3) is 2.95. The Balaban J connectivity index is 2.14. The van der Waals surface area contributed by atoms with Crippen molar-refractivity contribution in [2.45, 2.75) is 37.8 Å². The van der Waals surface area contributed by atoms with Crippen LogP contribution >= 0.6 is 31.9 Å². The molecule has 0 amide bonds. The molecule has 0 saturated heterocycles. The predicted molar refractivity (Wildman–Crippen MR) is 75.9 cm³/mol. The van der Waals surface area contributed by atoms with Gasteiger partial charge in [-0.05, 0) is 57.8 Å². The van der Waals surface area contributed by atoms with Gasteiger partial charge in [-0.25, -0.2) is 0 Å². The molecule has 1 saturated carbocycles. The van der Waals surface area contributed by atoms with Gasteiger partial charge in [-0.3, -0.25) is 4.90 Å². The molecular weight excluding hydrogens is 348 g/mol. The Bertz CT molecular complexity index is 355. The fourth-order valence-corrected chi connectivity index (χ4v) is 3.18. The predicted octanol–water partition coefficient (Wildman–Crippen LogP) is 3.68. The average molecular weight is 366 g/mol. The van der Waals surface area contributed by atoms with Gasteiger partial charge in [0.05, 0.1) is 10.5 Å². The van der Waals surface area contributed by atoms with Crippen LogP contribution in [0.4, 0.5) is 0 Å². The first-order valence-corrected chi connectivity index (χ1v) is 7.58. The van der Waals surface area contributed by atoms with Gasteiger partial charge in [0.15, 0.2) is 4.67 Å². The Hall–Kier alpha value is 0.160. The lowest BCUT2D eigenvalue weighted by atomic mass is 10.1. The largest absolute Gasteiger partial charge is 0.451 e. The lowest BCUT2D eigenvalue weighted by molar-refractivity contribution is 0.159. The molecule has 96 valence electrons. The van der Waals surface area contributed by atoms with Gasteiger partial charge in [0.1, 0.15) is 5.76 Å². The van der Waals surface area contributed by atoms with Gasteiger partial charge in [-0.2, -0.15) is 0 Å². The second-order valence-corrected chi connectivity index (χ2v) is 6.20. The molecule has 1 heterocycles. The molecule has 2 rings (SSSR count). The van der Waals surface area contributed by atoms with Gasteiger partial charge in [-0.15, -0.1) is 0 Å². The van der Waals surface area contributed by atoms with Crippen molar-refractivity contribution in [2.75, 3.05) is 13.6 Å². The third-order valence-electron chi connectivity index (χ3n) is 3.61. The summed E-state index contributed by atoms with van der Waals surface area (Å²) >= 11 is 6.82. The van der Waals surface area contributed by atoms with E-state index in [0.717, 1.165) is 14.9 Å². The van der Waals surface area contributed by atoms with Crippen molar-refractivity contribution >= 4 is 31.9 Å². The first-order chi connectivity index (χ1) is 8.13. The zero-order valence-corrected chi connectivity index (χ0v) is 13.1. The molecule has 0 radical (unpaired) electrons. The number of furan rings is 1. The van der Waals surface area contributed by atoms with Gasteiger partial charge in [0, 0.05) is 12.6 Å². The van der Waals surface area contributed by atoms with Crippen LogP contribution < -0.4 is 5.73 Å². The van der Waals surface area contributed by atoms with E-state index in [1.165, 1.54) is 25.7 Å². The Morgan fingerprint density at radius 2 is 2.12 bits per heavy atom. The highest BCUT2D eigenvalue weighted by Crippen LogP contribution is 2.34. The fourth-order valence-electron chi connectivity index (χ4n) is 2.58. The second kappa shape index (κ2) is 5.87. The van der Waals surface area contributed by atoms with Crippen LogP contribution in [0.25, 0.3) is 0 Å². The van der Waals surface area contributed by atoms with Crippen molar-refractivity contribution in [1.82, 2.24) is 4.90 Å². The van der Waals surface area contributed by atoms with Gasteiger partial charge in [0.25, 0.3) is 0 Å². The van der Waals surface area contributed by atoms with E-state index < -0.39 is 0 Å². The molecule has 0 aliphatic heterocycles. The van der Waals surface area contributed by atoms with Crippen LogP contribution in [0.1, 0.15) is 37.5 Å². The lowest BCUT2D eigenvalue weighted by Gasteiger charge is -2.30. The zero-order valence-electron chi connectivity index (χ0n) is 9.96. The minimum Gasteiger partial charge on any atom is -0.451 e. The van der Waals surface area contributed by atoms with Crippen molar-refractivity contribution in [3.63, 3.8) is 0 Å². The molecule has 0 bridgehead atoms. The summed E-state index contributed by atoms with van der Waals surface area (Å²) in [5.41, 5.74) is 5.90. The molecule has 2 N–H and O–H groups in total. The average Bonchev–Trinajstić information content (AvgIpc) is 2.91. The number of rotatable bonds is 4. The van der Waals surface area contributed by atoms with E-state index in [1.807, 2.05) is 6.07 Å². The molecule has 5 heteroatoms. The van der Waals surface area contributed by atoms with Crippen molar-refractivity contribution in [3.8, 4) is 0 Å². The van der Waals surface area contributed by atoms with Crippen LogP contribution in [0.5, 0.6) is 0 Å². The summed E-state index contributed by atoms with van der Waals surface area (Å²) in [6, 6.07) is 2.82. The number of hydrogen-bond acceptors (Lipinski definition) is 3. The summed E-state index contributed by atoms with van der Waals surface area (Å²) in [4.78, 5) is 2.37. The molecule has 0 aromatic carbocycles. The number of hydrogen-bond donors (Lipinski definition) is 1. The Kier molecular flexibility index (Phi) is 4.69. The van der Waals surface area contributed by atoms with Crippen LogP contribution in [-0.4, -0.2) is 24.5 Å². The third-order valence-corrected chi connectivity index (χ3v) is 5.32.